The summed E-state index contributed by atoms with van der Waals surface area (Å²) in [5.41, 5.74) is 1.50. The van der Waals surface area contributed by atoms with Gasteiger partial charge in [-0.3, -0.25) is 14.5 Å². The molecule has 1 aliphatic heterocycles. The van der Waals surface area contributed by atoms with Crippen LogP contribution in [-0.2, 0) is 17.8 Å². The fourth-order valence-electron chi connectivity index (χ4n) is 3.75. The maximum Gasteiger partial charge on any atom is 0.229 e. The average Bonchev–Trinajstić information content (AvgIpc) is 3.12. The molecule has 0 aromatic carbocycles. The predicted octanol–water partition coefficient (Wildman–Crippen LogP) is 2.69. The number of piperidine rings is 1. The first kappa shape index (κ1) is 20.7. The zero-order valence-corrected chi connectivity index (χ0v) is 16.2. The number of anilines is 1. The topological polar surface area (TPSA) is 71.8 Å². The van der Waals surface area contributed by atoms with Crippen molar-refractivity contribution in [3.8, 4) is 0 Å². The molecule has 2 aromatic heterocycles. The standard InChI is InChI=1S/C18H23N5O.2ClH/c24-17(15-13-18(15)5-9-20-10-6-18)21-16-4-12-23(22-16)11-3-14-1-7-19-8-2-14;;/h1-2,4,7-8,12,15,20H,3,5-6,9-11,13H2,(H,21,22,24);2*1H. The Morgan fingerprint density at radius 3 is 2.69 bits per heavy atom. The van der Waals surface area contributed by atoms with E-state index in [1.807, 2.05) is 29.1 Å². The quantitative estimate of drug-likeness (QED) is 0.813. The highest BCUT2D eigenvalue weighted by molar-refractivity contribution is 5.94. The van der Waals surface area contributed by atoms with Crippen LogP contribution in [-0.4, -0.2) is 33.8 Å². The van der Waals surface area contributed by atoms with Gasteiger partial charge >= 0.3 is 0 Å². The van der Waals surface area contributed by atoms with Crippen LogP contribution in [0.15, 0.2) is 36.8 Å². The number of carbonyl (C=O) groups excluding carboxylic acids is 1. The van der Waals surface area contributed by atoms with Crippen molar-refractivity contribution >= 4 is 36.5 Å². The van der Waals surface area contributed by atoms with Crippen LogP contribution in [0.4, 0.5) is 5.82 Å². The van der Waals surface area contributed by atoms with Gasteiger partial charge in [0.1, 0.15) is 0 Å². The molecule has 1 atom stereocenters. The van der Waals surface area contributed by atoms with Crippen LogP contribution in [0.5, 0.6) is 0 Å². The third kappa shape index (κ3) is 4.55. The lowest BCUT2D eigenvalue weighted by atomic mass is 9.92. The van der Waals surface area contributed by atoms with Crippen LogP contribution in [0, 0.1) is 11.3 Å². The number of amides is 1. The van der Waals surface area contributed by atoms with E-state index in [9.17, 15) is 4.79 Å². The van der Waals surface area contributed by atoms with E-state index < -0.39 is 0 Å². The molecule has 6 nitrogen and oxygen atoms in total. The molecule has 1 unspecified atom stereocenters. The number of aromatic nitrogens is 3. The van der Waals surface area contributed by atoms with Gasteiger partial charge in [-0.05, 0) is 61.9 Å². The van der Waals surface area contributed by atoms with Crippen LogP contribution in [0.3, 0.4) is 0 Å². The molecule has 1 saturated heterocycles. The molecule has 8 heteroatoms. The average molecular weight is 398 g/mol. The number of hydrogen-bond acceptors (Lipinski definition) is 4. The van der Waals surface area contributed by atoms with Crippen LogP contribution < -0.4 is 10.6 Å². The molecule has 1 aliphatic carbocycles. The second kappa shape index (κ2) is 8.84. The van der Waals surface area contributed by atoms with E-state index >= 15 is 0 Å². The number of nitrogens with one attached hydrogen (secondary N) is 2. The molecule has 3 heterocycles. The number of aryl methyl sites for hydroxylation is 2. The Labute approximate surface area is 166 Å². The van der Waals surface area contributed by atoms with Crippen molar-refractivity contribution in [3.05, 3.63) is 42.4 Å². The number of pyridine rings is 1. The molecule has 142 valence electrons. The number of halogens is 2. The molecule has 2 fully saturated rings. The number of nitrogens with zero attached hydrogens (tertiary/aromatic N) is 3. The Morgan fingerprint density at radius 1 is 1.23 bits per heavy atom. The Hall–Kier alpha value is -1.63. The molecule has 2 aliphatic rings. The summed E-state index contributed by atoms with van der Waals surface area (Å²) in [6.07, 6.45) is 9.69. The van der Waals surface area contributed by atoms with E-state index in [2.05, 4.69) is 20.7 Å². The summed E-state index contributed by atoms with van der Waals surface area (Å²) in [6.45, 7) is 2.86. The highest BCUT2D eigenvalue weighted by Crippen LogP contribution is 2.58. The number of rotatable bonds is 5. The molecule has 4 rings (SSSR count). The molecule has 1 amide bonds. The van der Waals surface area contributed by atoms with E-state index in [1.54, 1.807) is 12.4 Å². The summed E-state index contributed by atoms with van der Waals surface area (Å²) in [4.78, 5) is 16.5. The van der Waals surface area contributed by atoms with Crippen molar-refractivity contribution in [1.29, 1.82) is 0 Å². The second-order valence-electron chi connectivity index (χ2n) is 6.93. The molecule has 1 spiro atoms. The molecule has 2 aromatic rings. The number of hydrogen-bond donors (Lipinski definition) is 2. The summed E-state index contributed by atoms with van der Waals surface area (Å²) < 4.78 is 1.88. The van der Waals surface area contributed by atoms with E-state index in [-0.39, 0.29) is 42.1 Å². The predicted molar refractivity (Wildman–Crippen MR) is 106 cm³/mol. The van der Waals surface area contributed by atoms with Gasteiger partial charge in [-0.1, -0.05) is 0 Å². The Balaban J connectivity index is 0.00000121. The first-order valence-electron chi connectivity index (χ1n) is 8.69. The maximum absolute atomic E-state index is 12.4. The van der Waals surface area contributed by atoms with Gasteiger partial charge in [-0.15, -0.1) is 24.8 Å². The van der Waals surface area contributed by atoms with Crippen LogP contribution in [0.1, 0.15) is 24.8 Å². The van der Waals surface area contributed by atoms with Crippen LogP contribution in [0.25, 0.3) is 0 Å². The van der Waals surface area contributed by atoms with Gasteiger partial charge in [0.15, 0.2) is 5.82 Å². The largest absolute Gasteiger partial charge is 0.317 e. The van der Waals surface area contributed by atoms with Gasteiger partial charge in [-0.25, -0.2) is 0 Å². The fraction of sp³-hybridized carbons (Fsp3) is 0.500. The summed E-state index contributed by atoms with van der Waals surface area (Å²) in [5, 5.41) is 10.8. The minimum Gasteiger partial charge on any atom is -0.317 e. The lowest BCUT2D eigenvalue weighted by molar-refractivity contribution is -0.118. The third-order valence-corrected chi connectivity index (χ3v) is 5.38. The molecule has 0 radical (unpaired) electrons. The van der Waals surface area contributed by atoms with Gasteiger partial charge in [0.2, 0.25) is 5.91 Å². The lowest BCUT2D eigenvalue weighted by Crippen LogP contribution is -2.31. The SMILES string of the molecule is Cl.Cl.O=C(Nc1ccn(CCc2ccncc2)n1)C1CC12CCNCC2. The summed E-state index contributed by atoms with van der Waals surface area (Å²) in [6, 6.07) is 5.90. The van der Waals surface area contributed by atoms with E-state index in [1.165, 1.54) is 5.56 Å². The minimum atomic E-state index is 0. The highest BCUT2D eigenvalue weighted by atomic mass is 35.5. The molecule has 26 heavy (non-hydrogen) atoms. The van der Waals surface area contributed by atoms with E-state index in [0.29, 0.717) is 5.82 Å². The Kier molecular flexibility index (Phi) is 7.03. The van der Waals surface area contributed by atoms with E-state index in [0.717, 1.165) is 45.3 Å². The van der Waals surface area contributed by atoms with Crippen molar-refractivity contribution in [2.75, 3.05) is 18.4 Å². The highest BCUT2D eigenvalue weighted by Gasteiger charge is 2.57. The van der Waals surface area contributed by atoms with E-state index in [4.69, 9.17) is 0 Å². The zero-order chi connectivity index (χ0) is 16.4. The van der Waals surface area contributed by atoms with Crippen molar-refractivity contribution in [1.82, 2.24) is 20.1 Å². The maximum atomic E-state index is 12.4. The zero-order valence-electron chi connectivity index (χ0n) is 14.6. The summed E-state index contributed by atoms with van der Waals surface area (Å²) in [7, 11) is 0. The summed E-state index contributed by atoms with van der Waals surface area (Å²) >= 11 is 0. The minimum absolute atomic E-state index is 0. The third-order valence-electron chi connectivity index (χ3n) is 5.38. The lowest BCUT2D eigenvalue weighted by Gasteiger charge is -2.23. The number of carbonyl (C=O) groups is 1. The monoisotopic (exact) mass is 397 g/mol. The fourth-order valence-corrected chi connectivity index (χ4v) is 3.75. The molecular weight excluding hydrogens is 373 g/mol. The van der Waals surface area contributed by atoms with Crippen molar-refractivity contribution < 1.29 is 4.79 Å². The molecular formula is C18H25Cl2N5O. The van der Waals surface area contributed by atoms with Gasteiger partial charge in [0, 0.05) is 37.1 Å². The normalized spacial score (nSPS) is 19.9. The van der Waals surface area contributed by atoms with Crippen LogP contribution >= 0.6 is 24.8 Å². The van der Waals surface area contributed by atoms with Crippen molar-refractivity contribution in [2.45, 2.75) is 32.2 Å². The first-order chi connectivity index (χ1) is 11.8. The van der Waals surface area contributed by atoms with Gasteiger partial charge < -0.3 is 10.6 Å². The Bertz CT molecular complexity index is 715. The Morgan fingerprint density at radius 2 is 1.96 bits per heavy atom. The molecule has 1 saturated carbocycles. The van der Waals surface area contributed by atoms with Crippen LogP contribution in [0.2, 0.25) is 0 Å². The van der Waals surface area contributed by atoms with Crippen molar-refractivity contribution in [3.63, 3.8) is 0 Å². The van der Waals surface area contributed by atoms with Gasteiger partial charge in [0.05, 0.1) is 0 Å². The van der Waals surface area contributed by atoms with Gasteiger partial charge in [-0.2, -0.15) is 5.10 Å². The van der Waals surface area contributed by atoms with Gasteiger partial charge in [0.25, 0.3) is 0 Å². The molecule has 0 bridgehead atoms. The first-order valence-corrected chi connectivity index (χ1v) is 8.69. The summed E-state index contributed by atoms with van der Waals surface area (Å²) in [5.74, 6) is 0.962. The smallest absolute Gasteiger partial charge is 0.229 e. The molecule has 2 N–H and O–H groups in total. The second-order valence-corrected chi connectivity index (χ2v) is 6.93. The van der Waals surface area contributed by atoms with Crippen molar-refractivity contribution in [2.24, 2.45) is 11.3 Å².